The lowest BCUT2D eigenvalue weighted by Gasteiger charge is -2.04. The van der Waals surface area contributed by atoms with Crippen LogP contribution in [-0.2, 0) is 0 Å². The van der Waals surface area contributed by atoms with Crippen molar-refractivity contribution in [1.82, 2.24) is 0 Å². The molecule has 30 heavy (non-hydrogen) atoms. The summed E-state index contributed by atoms with van der Waals surface area (Å²) in [6.07, 6.45) is 41.9. The van der Waals surface area contributed by atoms with Gasteiger partial charge in [0.05, 0.1) is 0 Å². The van der Waals surface area contributed by atoms with E-state index in [9.17, 15) is 0 Å². The van der Waals surface area contributed by atoms with Crippen molar-refractivity contribution >= 4 is 0 Å². The van der Waals surface area contributed by atoms with E-state index in [1.165, 1.54) is 173 Å². The van der Waals surface area contributed by atoms with Crippen LogP contribution in [0.25, 0.3) is 0 Å². The molecule has 0 rings (SSSR count). The number of unbranched alkanes of at least 4 members (excludes halogenated alkanes) is 27. The first-order chi connectivity index (χ1) is 14.9. The minimum Gasteiger partial charge on any atom is -0.0654 e. The topological polar surface area (TPSA) is 0 Å². The summed E-state index contributed by atoms with van der Waals surface area (Å²) in [5.41, 5.74) is 0. The highest BCUT2D eigenvalue weighted by atomic mass is 14.0. The van der Waals surface area contributed by atoms with Crippen molar-refractivity contribution in [3.05, 3.63) is 6.42 Å². The van der Waals surface area contributed by atoms with Gasteiger partial charge in [-0.05, 0) is 6.42 Å². The second kappa shape index (κ2) is 29.0. The molecule has 0 heterocycles. The molecule has 0 aromatic rings. The second-order valence-corrected chi connectivity index (χ2v) is 10.00. The minimum absolute atomic E-state index is 1.37. The molecule has 181 valence electrons. The molecule has 0 aliphatic heterocycles. The average Bonchev–Trinajstić information content (AvgIpc) is 2.76. The van der Waals surface area contributed by atoms with E-state index in [1.807, 2.05) is 0 Å². The quantitative estimate of drug-likeness (QED) is 0.116. The molecule has 0 N–H and O–H groups in total. The maximum atomic E-state index is 2.56. The van der Waals surface area contributed by atoms with Gasteiger partial charge < -0.3 is 0 Å². The number of hydrogen-bond donors (Lipinski definition) is 0. The highest BCUT2D eigenvalue weighted by Gasteiger charge is 1.96. The third-order valence-electron chi connectivity index (χ3n) is 6.77. The Morgan fingerprint density at radius 1 is 0.267 bits per heavy atom. The van der Waals surface area contributed by atoms with Gasteiger partial charge in [0.1, 0.15) is 0 Å². The lowest BCUT2D eigenvalue weighted by molar-refractivity contribution is 0.522. The summed E-state index contributed by atoms with van der Waals surface area (Å²) in [4.78, 5) is 0. The van der Waals surface area contributed by atoms with Crippen LogP contribution in [-0.4, -0.2) is 0 Å². The minimum atomic E-state index is 1.37. The summed E-state index contributed by atoms with van der Waals surface area (Å²) >= 11 is 0. The van der Waals surface area contributed by atoms with Gasteiger partial charge in [-0.1, -0.05) is 187 Å². The fourth-order valence-electron chi connectivity index (χ4n) is 4.58. The van der Waals surface area contributed by atoms with Crippen LogP contribution in [0.1, 0.15) is 187 Å². The van der Waals surface area contributed by atoms with Gasteiger partial charge in [-0.15, -0.1) is 0 Å². The van der Waals surface area contributed by atoms with Gasteiger partial charge in [0.15, 0.2) is 0 Å². The number of rotatable bonds is 27. The predicted octanol–water partition coefficient (Wildman–Crippen LogP) is 11.8. The Labute approximate surface area is 193 Å². The molecule has 0 atom stereocenters. The molecule has 0 aliphatic rings. The van der Waals surface area contributed by atoms with E-state index in [-0.39, 0.29) is 0 Å². The van der Waals surface area contributed by atoms with Crippen molar-refractivity contribution < 1.29 is 0 Å². The van der Waals surface area contributed by atoms with Gasteiger partial charge in [0, 0.05) is 0 Å². The van der Waals surface area contributed by atoms with Crippen molar-refractivity contribution in [3.8, 4) is 0 Å². The first-order valence-corrected chi connectivity index (χ1v) is 14.7. The molecule has 0 unspecified atom stereocenters. The first-order valence-electron chi connectivity index (χ1n) is 14.7. The maximum Gasteiger partial charge on any atom is -0.0386 e. The lowest BCUT2D eigenvalue weighted by atomic mass is 10.0. The summed E-state index contributed by atoms with van der Waals surface area (Å²) in [7, 11) is 0. The summed E-state index contributed by atoms with van der Waals surface area (Å²) in [5, 5.41) is 0. The zero-order valence-corrected chi connectivity index (χ0v) is 21.7. The highest BCUT2D eigenvalue weighted by molar-refractivity contribution is 4.64. The maximum absolute atomic E-state index is 2.56. The van der Waals surface area contributed by atoms with Gasteiger partial charge in [0.25, 0.3) is 0 Å². The normalized spacial score (nSPS) is 11.4. The number of hydrogen-bond acceptors (Lipinski definition) is 0. The van der Waals surface area contributed by atoms with Crippen molar-refractivity contribution in [3.63, 3.8) is 0 Å². The van der Waals surface area contributed by atoms with Crippen LogP contribution < -0.4 is 0 Å². The predicted molar refractivity (Wildman–Crippen MR) is 140 cm³/mol. The highest BCUT2D eigenvalue weighted by Crippen LogP contribution is 2.15. The van der Waals surface area contributed by atoms with E-state index in [4.69, 9.17) is 0 Å². The molecule has 0 aromatic heterocycles. The smallest absolute Gasteiger partial charge is 0.0386 e. The lowest BCUT2D eigenvalue weighted by Crippen LogP contribution is -1.85. The molecular formula is C30H61. The zero-order valence-electron chi connectivity index (χ0n) is 21.7. The third-order valence-corrected chi connectivity index (χ3v) is 6.77. The summed E-state index contributed by atoms with van der Waals surface area (Å²) in [5.74, 6) is 0. The van der Waals surface area contributed by atoms with Gasteiger partial charge in [-0.2, -0.15) is 0 Å². The van der Waals surface area contributed by atoms with Crippen LogP contribution in [0.4, 0.5) is 0 Å². The fourth-order valence-corrected chi connectivity index (χ4v) is 4.58. The Balaban J connectivity index is 2.97. The zero-order chi connectivity index (χ0) is 21.8. The van der Waals surface area contributed by atoms with Gasteiger partial charge in [0.2, 0.25) is 0 Å². The van der Waals surface area contributed by atoms with E-state index in [2.05, 4.69) is 20.3 Å². The van der Waals surface area contributed by atoms with Crippen molar-refractivity contribution in [2.24, 2.45) is 0 Å². The molecular weight excluding hydrogens is 360 g/mol. The van der Waals surface area contributed by atoms with Crippen LogP contribution in [0, 0.1) is 6.42 Å². The third kappa shape index (κ3) is 28.0. The van der Waals surface area contributed by atoms with E-state index in [0.29, 0.717) is 0 Å². The van der Waals surface area contributed by atoms with E-state index < -0.39 is 0 Å². The molecule has 1 radical (unpaired) electrons. The largest absolute Gasteiger partial charge is 0.0654 e. The Bertz CT molecular complexity index is 241. The monoisotopic (exact) mass is 421 g/mol. The molecule has 0 bridgehead atoms. The Kier molecular flexibility index (Phi) is 29.0. The van der Waals surface area contributed by atoms with Gasteiger partial charge in [-0.3, -0.25) is 0 Å². The molecule has 0 fully saturated rings. The molecule has 0 heteroatoms. The fraction of sp³-hybridized carbons (Fsp3) is 0.967. The van der Waals surface area contributed by atoms with E-state index in [0.717, 1.165) is 0 Å². The summed E-state index contributed by atoms with van der Waals surface area (Å²) in [6.45, 7) is 4.60. The molecule has 0 saturated heterocycles. The van der Waals surface area contributed by atoms with Crippen molar-refractivity contribution in [2.45, 2.75) is 187 Å². The van der Waals surface area contributed by atoms with Crippen molar-refractivity contribution in [2.75, 3.05) is 0 Å². The molecule has 0 aromatic carbocycles. The van der Waals surface area contributed by atoms with Crippen LogP contribution in [0.15, 0.2) is 0 Å². The van der Waals surface area contributed by atoms with Crippen molar-refractivity contribution in [1.29, 1.82) is 0 Å². The Hall–Kier alpha value is 0. The SMILES string of the molecule is CCCCCCCC[CH]CCCCCCCCCCCCCCCCCCCCC. The molecule has 0 saturated carbocycles. The summed E-state index contributed by atoms with van der Waals surface area (Å²) < 4.78 is 0. The van der Waals surface area contributed by atoms with Crippen LogP contribution in [0.3, 0.4) is 0 Å². The molecule has 0 aliphatic carbocycles. The van der Waals surface area contributed by atoms with Crippen LogP contribution in [0.2, 0.25) is 0 Å². The average molecular weight is 422 g/mol. The summed E-state index contributed by atoms with van der Waals surface area (Å²) in [6, 6.07) is 0. The first kappa shape index (κ1) is 30.0. The second-order valence-electron chi connectivity index (χ2n) is 10.00. The van der Waals surface area contributed by atoms with E-state index >= 15 is 0 Å². The molecule has 0 nitrogen and oxygen atoms in total. The standard InChI is InChI=1S/C30H61/c1-3-5-7-9-11-13-15-17-19-21-23-25-27-29-30-28-26-24-22-20-18-16-14-12-10-8-6-4-2/h17H,3-16,18-30H2,1-2H3. The Morgan fingerprint density at radius 3 is 0.700 bits per heavy atom. The van der Waals surface area contributed by atoms with Gasteiger partial charge >= 0.3 is 0 Å². The van der Waals surface area contributed by atoms with Gasteiger partial charge in [-0.25, -0.2) is 0 Å². The molecule has 0 spiro atoms. The van der Waals surface area contributed by atoms with E-state index in [1.54, 1.807) is 0 Å². The molecule has 0 amide bonds. The van der Waals surface area contributed by atoms with Crippen LogP contribution >= 0.6 is 0 Å². The van der Waals surface area contributed by atoms with Crippen LogP contribution in [0.5, 0.6) is 0 Å². The Morgan fingerprint density at radius 2 is 0.467 bits per heavy atom.